The average Bonchev–Trinajstić information content (AvgIpc) is 2.65. The second-order valence-electron chi connectivity index (χ2n) is 3.51. The molecule has 68 valence electrons. The van der Waals surface area contributed by atoms with Crippen molar-refractivity contribution in [2.24, 2.45) is 7.05 Å². The summed E-state index contributed by atoms with van der Waals surface area (Å²) in [5.74, 6) is 0. The average molecular weight is 182 g/mol. The quantitative estimate of drug-likeness (QED) is 0.522. The lowest BCUT2D eigenvalue weighted by Crippen LogP contribution is -1.91. The summed E-state index contributed by atoms with van der Waals surface area (Å²) >= 11 is 0. The van der Waals surface area contributed by atoms with Gasteiger partial charge in [-0.25, -0.2) is 0 Å². The molecular weight excluding hydrogens is 172 g/mol. The molecule has 14 heavy (non-hydrogen) atoms. The number of aromatic nitrogens is 2. The topological polar surface area (TPSA) is 17.8 Å². The molecule has 0 amide bonds. The fourth-order valence-electron chi connectivity index (χ4n) is 1.93. The van der Waals surface area contributed by atoms with Gasteiger partial charge in [0.25, 0.3) is 0 Å². The predicted molar refractivity (Wildman–Crippen MR) is 58.2 cm³/mol. The van der Waals surface area contributed by atoms with Crippen molar-refractivity contribution in [3.05, 3.63) is 42.7 Å². The van der Waals surface area contributed by atoms with Crippen LogP contribution < -0.4 is 0 Å². The molecule has 0 fully saturated rings. The first-order valence-corrected chi connectivity index (χ1v) is 4.65. The summed E-state index contributed by atoms with van der Waals surface area (Å²) in [5.41, 5.74) is 2.29. The Kier molecular flexibility index (Phi) is 1.39. The molecule has 2 heterocycles. The van der Waals surface area contributed by atoms with E-state index in [9.17, 15) is 0 Å². The van der Waals surface area contributed by atoms with E-state index in [1.165, 1.54) is 16.3 Å². The number of nitrogens with zero attached hydrogens (tertiary/aromatic N) is 2. The third kappa shape index (κ3) is 0.880. The molecule has 0 aliphatic heterocycles. The summed E-state index contributed by atoms with van der Waals surface area (Å²) in [7, 11) is 2.05. The molecule has 0 unspecified atom stereocenters. The summed E-state index contributed by atoms with van der Waals surface area (Å²) in [6.07, 6.45) is 3.91. The molecule has 0 bridgehead atoms. The van der Waals surface area contributed by atoms with Gasteiger partial charge in [0, 0.05) is 30.2 Å². The maximum absolute atomic E-state index is 4.39. The highest BCUT2D eigenvalue weighted by Crippen LogP contribution is 2.22. The number of aryl methyl sites for hydroxylation is 1. The molecule has 0 aliphatic rings. The zero-order valence-electron chi connectivity index (χ0n) is 7.94. The fourth-order valence-corrected chi connectivity index (χ4v) is 1.93. The summed E-state index contributed by atoms with van der Waals surface area (Å²) in [6.45, 7) is 0. The standard InChI is InChI=1S/C12H10N2/c1-14-8-2-3-10-5-4-9-6-7-13-11(9)12(10)14/h2-8H,1H3. The van der Waals surface area contributed by atoms with E-state index in [0.717, 1.165) is 5.52 Å². The van der Waals surface area contributed by atoms with Crippen LogP contribution >= 0.6 is 0 Å². The van der Waals surface area contributed by atoms with E-state index in [2.05, 4.69) is 47.1 Å². The number of hydrogen-bond acceptors (Lipinski definition) is 1. The van der Waals surface area contributed by atoms with Gasteiger partial charge in [-0.1, -0.05) is 18.2 Å². The summed E-state index contributed by atoms with van der Waals surface area (Å²) < 4.78 is 2.12. The first-order valence-electron chi connectivity index (χ1n) is 4.65. The molecule has 0 atom stereocenters. The van der Waals surface area contributed by atoms with E-state index in [4.69, 9.17) is 0 Å². The van der Waals surface area contributed by atoms with Crippen molar-refractivity contribution in [1.82, 2.24) is 9.55 Å². The van der Waals surface area contributed by atoms with Crippen molar-refractivity contribution in [2.75, 3.05) is 0 Å². The van der Waals surface area contributed by atoms with Gasteiger partial charge in [-0.2, -0.15) is 0 Å². The van der Waals surface area contributed by atoms with Crippen LogP contribution in [-0.4, -0.2) is 9.55 Å². The zero-order valence-corrected chi connectivity index (χ0v) is 7.94. The van der Waals surface area contributed by atoms with Crippen LogP contribution in [0.15, 0.2) is 42.7 Å². The lowest BCUT2D eigenvalue weighted by Gasteiger charge is -2.05. The normalized spacial score (nSPS) is 11.2. The Bertz CT molecular complexity index is 608. The molecule has 3 aromatic rings. The third-order valence-electron chi connectivity index (χ3n) is 2.61. The Hall–Kier alpha value is -1.83. The smallest absolute Gasteiger partial charge is 0.0945 e. The minimum absolute atomic E-state index is 1.09. The van der Waals surface area contributed by atoms with Gasteiger partial charge in [-0.15, -0.1) is 0 Å². The van der Waals surface area contributed by atoms with Gasteiger partial charge in [0.2, 0.25) is 0 Å². The van der Waals surface area contributed by atoms with E-state index in [-0.39, 0.29) is 0 Å². The number of pyridine rings is 1. The van der Waals surface area contributed by atoms with Crippen molar-refractivity contribution >= 4 is 21.8 Å². The minimum Gasteiger partial charge on any atom is -0.349 e. The van der Waals surface area contributed by atoms with Gasteiger partial charge in [-0.3, -0.25) is 4.98 Å². The first kappa shape index (κ1) is 7.56. The summed E-state index contributed by atoms with van der Waals surface area (Å²) in [4.78, 5) is 4.39. The van der Waals surface area contributed by atoms with Gasteiger partial charge in [0.15, 0.2) is 0 Å². The highest BCUT2D eigenvalue weighted by atomic mass is 14.9. The Morgan fingerprint density at radius 1 is 1.07 bits per heavy atom. The van der Waals surface area contributed by atoms with Crippen molar-refractivity contribution in [3.8, 4) is 0 Å². The van der Waals surface area contributed by atoms with E-state index < -0.39 is 0 Å². The summed E-state index contributed by atoms with van der Waals surface area (Å²) in [6, 6.07) is 10.5. The number of fused-ring (bicyclic) bond motifs is 3. The molecule has 0 saturated heterocycles. The number of hydrogen-bond donors (Lipinski definition) is 0. The zero-order chi connectivity index (χ0) is 9.54. The van der Waals surface area contributed by atoms with Crippen LogP contribution in [0.1, 0.15) is 0 Å². The van der Waals surface area contributed by atoms with Crippen LogP contribution in [0.5, 0.6) is 0 Å². The molecule has 3 rings (SSSR count). The molecule has 0 aliphatic carbocycles. The SMILES string of the molecule is Cn1cccc2ccc3ccnc3c21. The summed E-state index contributed by atoms with van der Waals surface area (Å²) in [5, 5.41) is 2.44. The van der Waals surface area contributed by atoms with Crippen molar-refractivity contribution in [2.45, 2.75) is 0 Å². The number of rotatable bonds is 0. The molecular formula is C12H10N2. The highest BCUT2D eigenvalue weighted by molar-refractivity contribution is 6.03. The van der Waals surface area contributed by atoms with Crippen molar-refractivity contribution in [3.63, 3.8) is 0 Å². The van der Waals surface area contributed by atoms with Crippen LogP contribution in [0.25, 0.3) is 21.8 Å². The fraction of sp³-hybridized carbons (Fsp3) is 0.0833. The Morgan fingerprint density at radius 3 is 2.86 bits per heavy atom. The second kappa shape index (κ2) is 2.58. The first-order chi connectivity index (χ1) is 6.86. The Balaban J connectivity index is 2.67. The largest absolute Gasteiger partial charge is 0.349 e. The lowest BCUT2D eigenvalue weighted by atomic mass is 10.1. The van der Waals surface area contributed by atoms with Crippen molar-refractivity contribution in [1.29, 1.82) is 0 Å². The second-order valence-corrected chi connectivity index (χ2v) is 3.51. The molecule has 2 aromatic heterocycles. The van der Waals surface area contributed by atoms with E-state index in [0.29, 0.717) is 0 Å². The van der Waals surface area contributed by atoms with Crippen LogP contribution in [0, 0.1) is 0 Å². The van der Waals surface area contributed by atoms with Gasteiger partial charge in [0.1, 0.15) is 0 Å². The minimum atomic E-state index is 1.09. The van der Waals surface area contributed by atoms with E-state index in [1.54, 1.807) is 0 Å². The van der Waals surface area contributed by atoms with Gasteiger partial charge in [-0.05, 0) is 12.1 Å². The predicted octanol–water partition coefficient (Wildman–Crippen LogP) is 2.73. The van der Waals surface area contributed by atoms with Gasteiger partial charge >= 0.3 is 0 Å². The van der Waals surface area contributed by atoms with E-state index in [1.807, 2.05) is 12.3 Å². The molecule has 0 saturated carbocycles. The van der Waals surface area contributed by atoms with Crippen LogP contribution in [0.4, 0.5) is 0 Å². The molecule has 0 radical (unpaired) electrons. The third-order valence-corrected chi connectivity index (χ3v) is 2.61. The van der Waals surface area contributed by atoms with E-state index >= 15 is 0 Å². The highest BCUT2D eigenvalue weighted by Gasteiger charge is 2.02. The number of benzene rings is 1. The maximum atomic E-state index is 4.39. The molecule has 2 heteroatoms. The molecule has 1 aromatic carbocycles. The lowest BCUT2D eigenvalue weighted by molar-refractivity contribution is 0.956. The van der Waals surface area contributed by atoms with Crippen LogP contribution in [0.3, 0.4) is 0 Å². The Labute approximate surface area is 81.8 Å². The van der Waals surface area contributed by atoms with Gasteiger partial charge in [0.05, 0.1) is 11.0 Å². The maximum Gasteiger partial charge on any atom is 0.0945 e. The van der Waals surface area contributed by atoms with Gasteiger partial charge < -0.3 is 4.57 Å². The van der Waals surface area contributed by atoms with Crippen molar-refractivity contribution < 1.29 is 0 Å². The van der Waals surface area contributed by atoms with Crippen LogP contribution in [0.2, 0.25) is 0 Å². The molecule has 2 nitrogen and oxygen atoms in total. The molecule has 0 spiro atoms. The van der Waals surface area contributed by atoms with Crippen LogP contribution in [-0.2, 0) is 7.05 Å². The molecule has 0 N–H and O–H groups in total. The Morgan fingerprint density at radius 2 is 1.93 bits per heavy atom. The monoisotopic (exact) mass is 182 g/mol.